The minimum Gasteiger partial charge on any atom is -0.480 e. The Morgan fingerprint density at radius 2 is 2.33 bits per heavy atom. The van der Waals surface area contributed by atoms with Gasteiger partial charge in [0.05, 0.1) is 19.5 Å². The average Bonchev–Trinajstić information content (AvgIpc) is 2.89. The molecule has 1 aromatic rings. The van der Waals surface area contributed by atoms with Crippen LogP contribution in [0.2, 0.25) is 0 Å². The molecule has 6 nitrogen and oxygen atoms in total. The van der Waals surface area contributed by atoms with Gasteiger partial charge in [0.15, 0.2) is 6.04 Å². The standard InChI is InChI=1S/C12H13NO5/c14-11(4-3-9-2-1-6-18-9)13-5-7-17-8-10(13)12(15)16/h1-4,6,10H,5,7-8H2,(H,15,16)/b4-3-/t10-/m0/s1. The molecule has 0 saturated carbocycles. The number of rotatable bonds is 3. The zero-order valence-electron chi connectivity index (χ0n) is 9.61. The van der Waals surface area contributed by atoms with Crippen LogP contribution in [0.15, 0.2) is 28.9 Å². The molecule has 6 heteroatoms. The van der Waals surface area contributed by atoms with Crippen LogP contribution in [0.25, 0.3) is 6.08 Å². The number of amides is 1. The molecule has 1 saturated heterocycles. The van der Waals surface area contributed by atoms with Crippen LogP contribution < -0.4 is 0 Å². The number of furan rings is 1. The fourth-order valence-electron chi connectivity index (χ4n) is 1.71. The summed E-state index contributed by atoms with van der Waals surface area (Å²) in [6.07, 6.45) is 4.32. The molecular weight excluding hydrogens is 238 g/mol. The number of hydrogen-bond donors (Lipinski definition) is 1. The molecule has 1 N–H and O–H groups in total. The van der Waals surface area contributed by atoms with Crippen molar-refractivity contribution in [1.29, 1.82) is 0 Å². The van der Waals surface area contributed by atoms with Crippen molar-refractivity contribution in [2.24, 2.45) is 0 Å². The van der Waals surface area contributed by atoms with E-state index in [9.17, 15) is 9.59 Å². The van der Waals surface area contributed by atoms with E-state index in [0.29, 0.717) is 12.4 Å². The molecule has 18 heavy (non-hydrogen) atoms. The van der Waals surface area contributed by atoms with Gasteiger partial charge >= 0.3 is 5.97 Å². The smallest absolute Gasteiger partial charge is 0.328 e. The van der Waals surface area contributed by atoms with E-state index in [1.165, 1.54) is 23.3 Å². The molecule has 96 valence electrons. The van der Waals surface area contributed by atoms with Crippen molar-refractivity contribution in [3.8, 4) is 0 Å². The molecule has 0 bridgehead atoms. The van der Waals surface area contributed by atoms with Crippen LogP contribution in [0, 0.1) is 0 Å². The number of aliphatic carboxylic acids is 1. The summed E-state index contributed by atoms with van der Waals surface area (Å²) >= 11 is 0. The van der Waals surface area contributed by atoms with E-state index in [2.05, 4.69) is 0 Å². The van der Waals surface area contributed by atoms with Gasteiger partial charge in [0.2, 0.25) is 5.91 Å². The quantitative estimate of drug-likeness (QED) is 0.796. The van der Waals surface area contributed by atoms with Gasteiger partial charge in [-0.2, -0.15) is 0 Å². The molecule has 1 fully saturated rings. The number of nitrogens with zero attached hydrogens (tertiary/aromatic N) is 1. The Bertz CT molecular complexity index is 451. The lowest BCUT2D eigenvalue weighted by Gasteiger charge is -2.31. The normalized spacial score (nSPS) is 20.2. The summed E-state index contributed by atoms with van der Waals surface area (Å²) < 4.78 is 10.1. The number of carboxylic acids is 1. The molecule has 0 aliphatic carbocycles. The summed E-state index contributed by atoms with van der Waals surface area (Å²) in [5.74, 6) is -0.875. The Morgan fingerprint density at radius 1 is 1.50 bits per heavy atom. The van der Waals surface area contributed by atoms with E-state index < -0.39 is 12.0 Å². The lowest BCUT2D eigenvalue weighted by atomic mass is 10.2. The average molecular weight is 251 g/mol. The lowest BCUT2D eigenvalue weighted by Crippen LogP contribution is -2.52. The van der Waals surface area contributed by atoms with E-state index in [4.69, 9.17) is 14.3 Å². The second-order valence-electron chi connectivity index (χ2n) is 3.81. The predicted molar refractivity (Wildman–Crippen MR) is 61.7 cm³/mol. The molecule has 1 atom stereocenters. The Labute approximate surface area is 103 Å². The van der Waals surface area contributed by atoms with Crippen LogP contribution >= 0.6 is 0 Å². The van der Waals surface area contributed by atoms with E-state index in [1.54, 1.807) is 12.1 Å². The summed E-state index contributed by atoms with van der Waals surface area (Å²) in [5.41, 5.74) is 0. The van der Waals surface area contributed by atoms with Crippen molar-refractivity contribution >= 4 is 18.0 Å². The van der Waals surface area contributed by atoms with E-state index in [-0.39, 0.29) is 19.1 Å². The molecule has 1 aliphatic rings. The van der Waals surface area contributed by atoms with Crippen LogP contribution in [0.1, 0.15) is 5.76 Å². The second-order valence-corrected chi connectivity index (χ2v) is 3.81. The van der Waals surface area contributed by atoms with Gasteiger partial charge in [-0.15, -0.1) is 0 Å². The summed E-state index contributed by atoms with van der Waals surface area (Å²) in [4.78, 5) is 24.2. The first-order valence-electron chi connectivity index (χ1n) is 5.51. The highest BCUT2D eigenvalue weighted by Gasteiger charge is 2.31. The van der Waals surface area contributed by atoms with Gasteiger partial charge in [-0.25, -0.2) is 4.79 Å². The van der Waals surface area contributed by atoms with Crippen LogP contribution in [-0.2, 0) is 14.3 Å². The molecule has 0 spiro atoms. The van der Waals surface area contributed by atoms with Gasteiger partial charge in [0, 0.05) is 12.6 Å². The number of carbonyl (C=O) groups is 2. The molecule has 0 aromatic carbocycles. The Kier molecular flexibility index (Phi) is 3.78. The first-order chi connectivity index (χ1) is 8.68. The maximum absolute atomic E-state index is 11.9. The second kappa shape index (κ2) is 5.50. The largest absolute Gasteiger partial charge is 0.480 e. The van der Waals surface area contributed by atoms with Crippen molar-refractivity contribution in [3.05, 3.63) is 30.2 Å². The summed E-state index contributed by atoms with van der Waals surface area (Å²) in [6, 6.07) is 2.49. The maximum atomic E-state index is 11.9. The highest BCUT2D eigenvalue weighted by Crippen LogP contribution is 2.09. The fraction of sp³-hybridized carbons (Fsp3) is 0.333. The molecule has 2 rings (SSSR count). The minimum atomic E-state index is -1.06. The number of morpholine rings is 1. The minimum absolute atomic E-state index is 0.0235. The zero-order valence-corrected chi connectivity index (χ0v) is 9.61. The molecule has 1 aliphatic heterocycles. The van der Waals surface area contributed by atoms with Gasteiger partial charge in [0.25, 0.3) is 0 Å². The van der Waals surface area contributed by atoms with E-state index in [1.807, 2.05) is 0 Å². The molecular formula is C12H13NO5. The molecule has 2 heterocycles. The van der Waals surface area contributed by atoms with Gasteiger partial charge in [-0.1, -0.05) is 0 Å². The van der Waals surface area contributed by atoms with Crippen molar-refractivity contribution in [2.75, 3.05) is 19.8 Å². The van der Waals surface area contributed by atoms with Crippen LogP contribution in [0.5, 0.6) is 0 Å². The van der Waals surface area contributed by atoms with E-state index in [0.717, 1.165) is 0 Å². The predicted octanol–water partition coefficient (Wildman–Crippen LogP) is 0.605. The maximum Gasteiger partial charge on any atom is 0.328 e. The number of ether oxygens (including phenoxy) is 1. The molecule has 0 unspecified atom stereocenters. The third-order valence-electron chi connectivity index (χ3n) is 2.63. The third kappa shape index (κ3) is 2.78. The van der Waals surface area contributed by atoms with Crippen molar-refractivity contribution in [3.63, 3.8) is 0 Å². The fourth-order valence-corrected chi connectivity index (χ4v) is 1.71. The number of carboxylic acid groups (broad SMARTS) is 1. The SMILES string of the molecule is O=C(O)[C@@H]1COCCN1C(=O)/C=C\c1ccco1. The Morgan fingerprint density at radius 3 is 3.00 bits per heavy atom. The van der Waals surface area contributed by atoms with Crippen molar-refractivity contribution in [2.45, 2.75) is 6.04 Å². The lowest BCUT2D eigenvalue weighted by molar-refractivity contribution is -0.156. The van der Waals surface area contributed by atoms with Crippen LogP contribution in [0.3, 0.4) is 0 Å². The van der Waals surface area contributed by atoms with Crippen LogP contribution in [0.4, 0.5) is 0 Å². The van der Waals surface area contributed by atoms with Gasteiger partial charge in [-0.05, 0) is 18.2 Å². The van der Waals surface area contributed by atoms with Gasteiger partial charge in [-0.3, -0.25) is 4.79 Å². The summed E-state index contributed by atoms with van der Waals surface area (Å²) in [6.45, 7) is 0.651. The van der Waals surface area contributed by atoms with E-state index >= 15 is 0 Å². The van der Waals surface area contributed by atoms with Gasteiger partial charge in [0.1, 0.15) is 5.76 Å². The first kappa shape index (κ1) is 12.4. The summed E-state index contributed by atoms with van der Waals surface area (Å²) in [7, 11) is 0. The Balaban J connectivity index is 2.04. The Hall–Kier alpha value is -2.08. The highest BCUT2D eigenvalue weighted by molar-refractivity contribution is 5.94. The molecule has 1 amide bonds. The van der Waals surface area contributed by atoms with Gasteiger partial charge < -0.3 is 19.2 Å². The summed E-state index contributed by atoms with van der Waals surface area (Å²) in [5, 5.41) is 8.99. The van der Waals surface area contributed by atoms with Crippen molar-refractivity contribution in [1.82, 2.24) is 4.90 Å². The third-order valence-corrected chi connectivity index (χ3v) is 2.63. The molecule has 0 radical (unpaired) electrons. The number of carbonyl (C=O) groups excluding carboxylic acids is 1. The molecule has 1 aromatic heterocycles. The van der Waals surface area contributed by atoms with Crippen LogP contribution in [-0.4, -0.2) is 47.7 Å². The van der Waals surface area contributed by atoms with Crippen molar-refractivity contribution < 1.29 is 23.8 Å². The monoisotopic (exact) mass is 251 g/mol. The topological polar surface area (TPSA) is 80.0 Å². The highest BCUT2D eigenvalue weighted by atomic mass is 16.5. The number of hydrogen-bond acceptors (Lipinski definition) is 4. The zero-order chi connectivity index (χ0) is 13.0. The first-order valence-corrected chi connectivity index (χ1v) is 5.51.